The van der Waals surface area contributed by atoms with Crippen molar-refractivity contribution in [2.24, 2.45) is 0 Å². The van der Waals surface area contributed by atoms with Crippen LogP contribution in [0.5, 0.6) is 0 Å². The smallest absolute Gasteiger partial charge is 0.352 e. The highest BCUT2D eigenvalue weighted by atomic mass is 32.2. The summed E-state index contributed by atoms with van der Waals surface area (Å²) in [5.74, 6) is -1.10. The third kappa shape index (κ3) is 3.85. The second-order valence-electron chi connectivity index (χ2n) is 5.67. The Labute approximate surface area is 125 Å². The Morgan fingerprint density at radius 1 is 1.52 bits per heavy atom. The summed E-state index contributed by atoms with van der Waals surface area (Å²) in [5.41, 5.74) is 0.0408. The van der Waals surface area contributed by atoms with Gasteiger partial charge in [0.15, 0.2) is 0 Å². The lowest BCUT2D eigenvalue weighted by Gasteiger charge is -2.12. The Hall–Kier alpha value is -1.34. The van der Waals surface area contributed by atoms with Crippen LogP contribution in [0.25, 0.3) is 0 Å². The number of nitrogens with zero attached hydrogens (tertiary/aromatic N) is 1. The zero-order valence-electron chi connectivity index (χ0n) is 12.4. The number of carboxylic acids is 1. The lowest BCUT2D eigenvalue weighted by atomic mass is 10.2. The van der Waals surface area contributed by atoms with Crippen LogP contribution < -0.4 is 4.72 Å². The van der Waals surface area contributed by atoms with Crippen molar-refractivity contribution in [3.05, 3.63) is 18.0 Å². The molecule has 2 N–H and O–H groups in total. The fourth-order valence-electron chi connectivity index (χ4n) is 2.33. The van der Waals surface area contributed by atoms with Crippen LogP contribution in [0.4, 0.5) is 0 Å². The van der Waals surface area contributed by atoms with Crippen molar-refractivity contribution in [3.63, 3.8) is 0 Å². The number of carboxylic acid groups (broad SMARTS) is 1. The first kappa shape index (κ1) is 16.0. The maximum atomic E-state index is 12.3. The van der Waals surface area contributed by atoms with E-state index in [1.54, 1.807) is 4.57 Å². The van der Waals surface area contributed by atoms with Crippen LogP contribution in [0.2, 0.25) is 0 Å². The van der Waals surface area contributed by atoms with Gasteiger partial charge in [-0.2, -0.15) is 0 Å². The van der Waals surface area contributed by atoms with Gasteiger partial charge in [0.1, 0.15) is 10.6 Å². The highest BCUT2D eigenvalue weighted by molar-refractivity contribution is 7.89. The lowest BCUT2D eigenvalue weighted by Crippen LogP contribution is -2.32. The molecule has 1 aliphatic rings. The van der Waals surface area contributed by atoms with Gasteiger partial charge in [-0.05, 0) is 32.3 Å². The Kier molecular flexibility index (Phi) is 4.73. The molecule has 0 bridgehead atoms. The van der Waals surface area contributed by atoms with Crippen LogP contribution in [0, 0.1) is 0 Å². The first-order chi connectivity index (χ1) is 9.85. The van der Waals surface area contributed by atoms with E-state index < -0.39 is 16.0 Å². The molecule has 0 amide bonds. The number of unbranched alkanes of at least 4 members (excludes halogenated alkanes) is 1. The largest absolute Gasteiger partial charge is 0.477 e. The SMILES string of the molecule is CCCCC(C)NS(=O)(=O)c1cc(C(=O)O)n(C2CC2)c1. The molecule has 1 atom stereocenters. The summed E-state index contributed by atoms with van der Waals surface area (Å²) in [6.07, 6.45) is 5.96. The molecule has 6 nitrogen and oxygen atoms in total. The van der Waals surface area contributed by atoms with E-state index in [0.717, 1.165) is 32.1 Å². The zero-order chi connectivity index (χ0) is 15.6. The van der Waals surface area contributed by atoms with Crippen molar-refractivity contribution in [3.8, 4) is 0 Å². The van der Waals surface area contributed by atoms with Crippen LogP contribution in [0.3, 0.4) is 0 Å². The van der Waals surface area contributed by atoms with E-state index >= 15 is 0 Å². The van der Waals surface area contributed by atoms with Crippen LogP contribution in [0.15, 0.2) is 17.2 Å². The Morgan fingerprint density at radius 2 is 2.19 bits per heavy atom. The van der Waals surface area contributed by atoms with Gasteiger partial charge in [-0.25, -0.2) is 17.9 Å². The highest BCUT2D eigenvalue weighted by Gasteiger charge is 2.30. The molecule has 1 aliphatic carbocycles. The molecule has 1 unspecified atom stereocenters. The number of carbonyl (C=O) groups is 1. The van der Waals surface area contributed by atoms with Gasteiger partial charge in [0, 0.05) is 18.3 Å². The molecule has 1 aromatic heterocycles. The molecule has 0 saturated heterocycles. The van der Waals surface area contributed by atoms with Crippen molar-refractivity contribution in [2.75, 3.05) is 0 Å². The number of nitrogens with one attached hydrogen (secondary N) is 1. The van der Waals surface area contributed by atoms with Gasteiger partial charge >= 0.3 is 5.97 Å². The van der Waals surface area contributed by atoms with E-state index in [9.17, 15) is 18.3 Å². The molecule has 0 spiro atoms. The Morgan fingerprint density at radius 3 is 2.71 bits per heavy atom. The van der Waals surface area contributed by atoms with Crippen molar-refractivity contribution >= 4 is 16.0 Å². The van der Waals surface area contributed by atoms with Gasteiger partial charge in [0.25, 0.3) is 0 Å². The molecule has 21 heavy (non-hydrogen) atoms. The maximum Gasteiger partial charge on any atom is 0.352 e. The van der Waals surface area contributed by atoms with E-state index in [1.165, 1.54) is 12.3 Å². The summed E-state index contributed by atoms with van der Waals surface area (Å²) in [6.45, 7) is 3.87. The third-order valence-corrected chi connectivity index (χ3v) is 5.20. The van der Waals surface area contributed by atoms with Gasteiger partial charge in [-0.3, -0.25) is 0 Å². The molecule has 1 heterocycles. The Bertz CT molecular complexity index is 617. The second kappa shape index (κ2) is 6.19. The molecular formula is C14H22N2O4S. The molecule has 0 radical (unpaired) electrons. The summed E-state index contributed by atoms with van der Waals surface area (Å²) in [7, 11) is -3.67. The normalized spacial score (nSPS) is 16.9. The van der Waals surface area contributed by atoms with Crippen molar-refractivity contribution in [1.82, 2.24) is 9.29 Å². The first-order valence-electron chi connectivity index (χ1n) is 7.32. The van der Waals surface area contributed by atoms with Gasteiger partial charge in [0.2, 0.25) is 10.0 Å². The lowest BCUT2D eigenvalue weighted by molar-refractivity contribution is 0.0685. The summed E-state index contributed by atoms with van der Waals surface area (Å²) in [6, 6.07) is 1.21. The van der Waals surface area contributed by atoms with E-state index in [-0.39, 0.29) is 22.7 Å². The average molecular weight is 314 g/mol. The molecule has 1 saturated carbocycles. The molecule has 2 rings (SSSR count). The molecule has 118 valence electrons. The van der Waals surface area contributed by atoms with Crippen molar-refractivity contribution in [1.29, 1.82) is 0 Å². The fourth-order valence-corrected chi connectivity index (χ4v) is 3.63. The number of aromatic nitrogens is 1. The molecule has 0 aliphatic heterocycles. The van der Waals surface area contributed by atoms with Crippen LogP contribution in [-0.4, -0.2) is 30.1 Å². The van der Waals surface area contributed by atoms with E-state index in [2.05, 4.69) is 11.6 Å². The number of aromatic carboxylic acids is 1. The van der Waals surface area contributed by atoms with Crippen LogP contribution in [-0.2, 0) is 10.0 Å². The van der Waals surface area contributed by atoms with Crippen molar-refractivity contribution < 1.29 is 18.3 Å². The monoisotopic (exact) mass is 314 g/mol. The molecule has 7 heteroatoms. The van der Waals surface area contributed by atoms with Gasteiger partial charge in [-0.15, -0.1) is 0 Å². The van der Waals surface area contributed by atoms with Gasteiger partial charge in [0.05, 0.1) is 0 Å². The van der Waals surface area contributed by atoms with Gasteiger partial charge in [-0.1, -0.05) is 19.8 Å². The third-order valence-electron chi connectivity index (χ3n) is 3.64. The summed E-state index contributed by atoms with van der Waals surface area (Å²) >= 11 is 0. The summed E-state index contributed by atoms with van der Waals surface area (Å²) < 4.78 is 28.8. The quantitative estimate of drug-likeness (QED) is 0.771. The molecular weight excluding hydrogens is 292 g/mol. The Balaban J connectivity index is 2.20. The van der Waals surface area contributed by atoms with Gasteiger partial charge < -0.3 is 9.67 Å². The van der Waals surface area contributed by atoms with E-state index in [1.807, 2.05) is 6.92 Å². The molecule has 0 aromatic carbocycles. The maximum absolute atomic E-state index is 12.3. The molecule has 1 fully saturated rings. The minimum atomic E-state index is -3.67. The number of rotatable bonds is 8. The minimum Gasteiger partial charge on any atom is -0.477 e. The predicted molar refractivity (Wildman–Crippen MR) is 79.0 cm³/mol. The average Bonchev–Trinajstić information content (AvgIpc) is 3.13. The van der Waals surface area contributed by atoms with E-state index in [4.69, 9.17) is 0 Å². The fraction of sp³-hybridized carbons (Fsp3) is 0.643. The second-order valence-corrected chi connectivity index (χ2v) is 7.38. The number of sulfonamides is 1. The zero-order valence-corrected chi connectivity index (χ0v) is 13.2. The molecule has 1 aromatic rings. The van der Waals surface area contributed by atoms with Crippen LogP contribution >= 0.6 is 0 Å². The topological polar surface area (TPSA) is 88.4 Å². The van der Waals surface area contributed by atoms with E-state index in [0.29, 0.717) is 0 Å². The predicted octanol–water partition coefficient (Wildman–Crippen LogP) is 2.38. The van der Waals surface area contributed by atoms with Crippen LogP contribution in [0.1, 0.15) is 62.5 Å². The van der Waals surface area contributed by atoms with Crippen molar-refractivity contribution in [2.45, 2.75) is 62.9 Å². The number of hydrogen-bond donors (Lipinski definition) is 2. The highest BCUT2D eigenvalue weighted by Crippen LogP contribution is 2.37. The number of hydrogen-bond acceptors (Lipinski definition) is 3. The standard InChI is InChI=1S/C14H22N2O4S/c1-3-4-5-10(2)15-21(19,20)12-8-13(14(17)18)16(9-12)11-6-7-11/h8-11,15H,3-7H2,1-2H3,(H,17,18). The first-order valence-corrected chi connectivity index (χ1v) is 8.81. The minimum absolute atomic E-state index is 0.0372. The summed E-state index contributed by atoms with van der Waals surface area (Å²) in [4.78, 5) is 11.3. The summed E-state index contributed by atoms with van der Waals surface area (Å²) in [5, 5.41) is 9.18.